The number of aromatic amines is 1. The number of nitrogens with one attached hydrogen (secondary N) is 2. The van der Waals surface area contributed by atoms with Gasteiger partial charge < -0.3 is 4.98 Å². The summed E-state index contributed by atoms with van der Waals surface area (Å²) < 4.78 is 1.64. The normalized spacial score (nSPS) is 14.7. The second-order valence-electron chi connectivity index (χ2n) is 7.44. The van der Waals surface area contributed by atoms with E-state index in [-0.39, 0.29) is 16.7 Å². The van der Waals surface area contributed by atoms with E-state index in [9.17, 15) is 9.59 Å². The lowest BCUT2D eigenvalue weighted by atomic mass is 9.97. The molecule has 0 spiro atoms. The monoisotopic (exact) mass is 439 g/mol. The molecule has 154 valence electrons. The van der Waals surface area contributed by atoms with Gasteiger partial charge in [0.2, 0.25) is 0 Å². The second-order valence-corrected chi connectivity index (χ2v) is 9.85. The first-order valence-corrected chi connectivity index (χ1v) is 11.8. The zero-order valence-corrected chi connectivity index (χ0v) is 18.1. The molecule has 0 radical (unpaired) electrons. The summed E-state index contributed by atoms with van der Waals surface area (Å²) in [6, 6.07) is 7.63. The number of aryl methyl sites for hydroxylation is 2. The summed E-state index contributed by atoms with van der Waals surface area (Å²) in [5.41, 5.74) is 5.68. The van der Waals surface area contributed by atoms with Crippen LogP contribution in [0.2, 0.25) is 0 Å². The lowest BCUT2D eigenvalue weighted by Gasteiger charge is -2.13. The number of benzene rings is 1. The van der Waals surface area contributed by atoms with E-state index >= 15 is 0 Å². The minimum atomic E-state index is -0.316. The number of carbonyl (C=O) groups excluding carboxylic acids is 1. The van der Waals surface area contributed by atoms with E-state index in [2.05, 4.69) is 20.4 Å². The van der Waals surface area contributed by atoms with E-state index in [0.717, 1.165) is 40.5 Å². The molecule has 5 rings (SSSR count). The number of rotatable bonds is 5. The highest BCUT2D eigenvalue weighted by Crippen LogP contribution is 2.33. The third kappa shape index (κ3) is 3.52. The zero-order valence-electron chi connectivity index (χ0n) is 16.5. The van der Waals surface area contributed by atoms with Crippen molar-refractivity contribution in [2.24, 2.45) is 0 Å². The standard InChI is InChI=1S/C21H21N5O2S2/c1-12(19(27)25-26-11-22-14-7-3-4-8-15(14)26)29-10-17-23-20(28)18-13-6-2-5-9-16(13)30-21(18)24-17/h3-4,7-8,11-12H,2,5-6,9-10H2,1H3,(H,25,27)(H,23,24,28)/t12-/m0/s1. The topological polar surface area (TPSA) is 92.7 Å². The number of hydrogen-bond donors (Lipinski definition) is 2. The fourth-order valence-corrected chi connectivity index (χ4v) is 5.84. The summed E-state index contributed by atoms with van der Waals surface area (Å²) in [7, 11) is 0. The van der Waals surface area contributed by atoms with Gasteiger partial charge in [0.1, 0.15) is 17.0 Å². The first-order valence-electron chi connectivity index (χ1n) is 9.98. The molecule has 0 aliphatic heterocycles. The minimum absolute atomic E-state index is 0.0583. The zero-order chi connectivity index (χ0) is 20.7. The molecule has 1 aromatic carbocycles. The molecule has 1 aliphatic rings. The van der Waals surface area contributed by atoms with Crippen LogP contribution in [0.1, 0.15) is 36.0 Å². The van der Waals surface area contributed by atoms with E-state index in [1.807, 2.05) is 31.2 Å². The Morgan fingerprint density at radius 1 is 1.33 bits per heavy atom. The number of fused-ring (bicyclic) bond motifs is 4. The van der Waals surface area contributed by atoms with Gasteiger partial charge in [-0.2, -0.15) is 0 Å². The third-order valence-electron chi connectivity index (χ3n) is 5.40. The number of imidazole rings is 1. The summed E-state index contributed by atoms with van der Waals surface area (Å²) >= 11 is 3.09. The highest BCUT2D eigenvalue weighted by molar-refractivity contribution is 7.99. The van der Waals surface area contributed by atoms with Crippen LogP contribution in [-0.2, 0) is 23.4 Å². The van der Waals surface area contributed by atoms with Crippen LogP contribution in [-0.4, -0.2) is 30.8 Å². The van der Waals surface area contributed by atoms with Gasteiger partial charge in [-0.05, 0) is 50.3 Å². The van der Waals surface area contributed by atoms with Gasteiger partial charge in [0.15, 0.2) is 0 Å². The van der Waals surface area contributed by atoms with Crippen molar-refractivity contribution in [2.45, 2.75) is 43.6 Å². The van der Waals surface area contributed by atoms with Gasteiger partial charge in [-0.15, -0.1) is 23.1 Å². The second kappa shape index (κ2) is 7.88. The Morgan fingerprint density at radius 3 is 3.07 bits per heavy atom. The molecule has 3 aromatic heterocycles. The molecule has 0 saturated heterocycles. The van der Waals surface area contributed by atoms with Crippen molar-refractivity contribution in [2.75, 3.05) is 5.43 Å². The Bertz CT molecular complexity index is 1310. The molecule has 0 bridgehead atoms. The van der Waals surface area contributed by atoms with Crippen molar-refractivity contribution < 1.29 is 4.79 Å². The number of amides is 1. The molecule has 1 amide bonds. The van der Waals surface area contributed by atoms with Crippen LogP contribution < -0.4 is 11.0 Å². The highest BCUT2D eigenvalue weighted by Gasteiger charge is 2.20. The van der Waals surface area contributed by atoms with Crippen molar-refractivity contribution in [1.29, 1.82) is 0 Å². The van der Waals surface area contributed by atoms with E-state index in [0.29, 0.717) is 11.6 Å². The first-order chi connectivity index (χ1) is 14.6. The fraction of sp³-hybridized carbons (Fsp3) is 0.333. The lowest BCUT2D eigenvalue weighted by Crippen LogP contribution is -2.29. The Kier molecular flexibility index (Phi) is 5.08. The molecular weight excluding hydrogens is 418 g/mol. The predicted octanol–water partition coefficient (Wildman–Crippen LogP) is 3.61. The summed E-state index contributed by atoms with van der Waals surface area (Å²) in [5.74, 6) is 0.953. The SMILES string of the molecule is C[C@H](SCc1nc2sc3c(c2c(=O)[nH]1)CCCC3)C(=O)Nn1cnc2ccccc21. The number of hydrogen-bond acceptors (Lipinski definition) is 6. The molecule has 1 aliphatic carbocycles. The van der Waals surface area contributed by atoms with Gasteiger partial charge in [-0.3, -0.25) is 15.0 Å². The quantitative estimate of drug-likeness (QED) is 0.496. The Balaban J connectivity index is 1.29. The van der Waals surface area contributed by atoms with Crippen LogP contribution in [0.15, 0.2) is 35.4 Å². The number of carbonyl (C=O) groups is 1. The van der Waals surface area contributed by atoms with E-state index in [1.54, 1.807) is 22.3 Å². The van der Waals surface area contributed by atoms with E-state index in [1.165, 1.54) is 28.6 Å². The number of thioether (sulfide) groups is 1. The van der Waals surface area contributed by atoms with Gasteiger partial charge in [0.25, 0.3) is 11.5 Å². The minimum Gasteiger partial charge on any atom is -0.309 e. The van der Waals surface area contributed by atoms with Crippen LogP contribution in [0.5, 0.6) is 0 Å². The van der Waals surface area contributed by atoms with Crippen LogP contribution in [0.4, 0.5) is 0 Å². The molecule has 9 heteroatoms. The Hall–Kier alpha value is -2.65. The van der Waals surface area contributed by atoms with Crippen molar-refractivity contribution in [1.82, 2.24) is 19.6 Å². The van der Waals surface area contributed by atoms with Crippen LogP contribution in [0.25, 0.3) is 21.3 Å². The van der Waals surface area contributed by atoms with Crippen molar-refractivity contribution in [3.05, 3.63) is 57.2 Å². The van der Waals surface area contributed by atoms with Crippen LogP contribution in [0, 0.1) is 0 Å². The smallest absolute Gasteiger partial charge is 0.259 e. The molecule has 4 aromatic rings. The average molecular weight is 440 g/mol. The summed E-state index contributed by atoms with van der Waals surface area (Å²) in [5, 5.41) is 0.449. The largest absolute Gasteiger partial charge is 0.309 e. The number of H-pyrrole nitrogens is 1. The molecule has 0 saturated carbocycles. The molecule has 7 nitrogen and oxygen atoms in total. The van der Waals surface area contributed by atoms with Crippen molar-refractivity contribution in [3.63, 3.8) is 0 Å². The van der Waals surface area contributed by atoms with Gasteiger partial charge in [-0.1, -0.05) is 12.1 Å². The predicted molar refractivity (Wildman–Crippen MR) is 122 cm³/mol. The Labute approximate surface area is 180 Å². The van der Waals surface area contributed by atoms with Crippen molar-refractivity contribution in [3.8, 4) is 0 Å². The molecule has 0 unspecified atom stereocenters. The van der Waals surface area contributed by atoms with E-state index < -0.39 is 0 Å². The highest BCUT2D eigenvalue weighted by atomic mass is 32.2. The molecule has 3 heterocycles. The van der Waals surface area contributed by atoms with Gasteiger partial charge in [0.05, 0.1) is 27.4 Å². The maximum atomic E-state index is 12.7. The fourth-order valence-electron chi connectivity index (χ4n) is 3.81. The third-order valence-corrected chi connectivity index (χ3v) is 7.74. The summed E-state index contributed by atoms with van der Waals surface area (Å²) in [4.78, 5) is 39.3. The van der Waals surface area contributed by atoms with Crippen LogP contribution in [0.3, 0.4) is 0 Å². The summed E-state index contributed by atoms with van der Waals surface area (Å²) in [6.45, 7) is 1.85. The lowest BCUT2D eigenvalue weighted by molar-refractivity contribution is -0.116. The maximum Gasteiger partial charge on any atom is 0.259 e. The van der Waals surface area contributed by atoms with E-state index in [4.69, 9.17) is 0 Å². The average Bonchev–Trinajstić information content (AvgIpc) is 3.33. The molecule has 1 atom stereocenters. The van der Waals surface area contributed by atoms with Gasteiger partial charge in [-0.25, -0.2) is 14.6 Å². The van der Waals surface area contributed by atoms with Gasteiger partial charge in [0, 0.05) is 4.88 Å². The molecule has 30 heavy (non-hydrogen) atoms. The molecule has 0 fully saturated rings. The number of aromatic nitrogens is 4. The number of thiophene rings is 1. The summed E-state index contributed by atoms with van der Waals surface area (Å²) in [6.07, 6.45) is 5.92. The molecular formula is C21H21N5O2S2. The molecule has 2 N–H and O–H groups in total. The Morgan fingerprint density at radius 2 is 2.17 bits per heavy atom. The van der Waals surface area contributed by atoms with Gasteiger partial charge >= 0.3 is 0 Å². The van der Waals surface area contributed by atoms with Crippen molar-refractivity contribution >= 4 is 50.3 Å². The number of nitrogens with zero attached hydrogens (tertiary/aromatic N) is 3. The maximum absolute atomic E-state index is 12.7. The van der Waals surface area contributed by atoms with Crippen LogP contribution >= 0.6 is 23.1 Å². The first kappa shape index (κ1) is 19.3. The number of para-hydroxylation sites is 2.